The zero-order valence-electron chi connectivity index (χ0n) is 21.6. The number of H-pyrrole nitrogens is 1. The molecule has 1 saturated heterocycles. The summed E-state index contributed by atoms with van der Waals surface area (Å²) in [6.45, 7) is 0.983. The van der Waals surface area contributed by atoms with Crippen molar-refractivity contribution in [2.24, 2.45) is 5.73 Å². The van der Waals surface area contributed by atoms with Gasteiger partial charge in [0.05, 0.1) is 45.2 Å². The van der Waals surface area contributed by atoms with Gasteiger partial charge in [-0.15, -0.1) is 0 Å². The van der Waals surface area contributed by atoms with E-state index in [-0.39, 0.29) is 63.9 Å². The van der Waals surface area contributed by atoms with Crippen LogP contribution in [0.2, 0.25) is 10.0 Å². The number of aromatic amines is 1. The summed E-state index contributed by atoms with van der Waals surface area (Å²) in [5.74, 6) is -0.655. The third-order valence-corrected chi connectivity index (χ3v) is 9.38. The molecule has 1 fully saturated rings. The lowest BCUT2D eigenvalue weighted by molar-refractivity contribution is -0.138. The summed E-state index contributed by atoms with van der Waals surface area (Å²) in [5.41, 5.74) is 1.47. The number of nitrogens with zero attached hydrogens (tertiary/aromatic N) is 2. The first kappa shape index (κ1) is 31.0. The van der Waals surface area contributed by atoms with Gasteiger partial charge >= 0.3 is 11.9 Å². The Hall–Kier alpha value is -2.91. The quantitative estimate of drug-likeness (QED) is 0.344. The van der Waals surface area contributed by atoms with Crippen molar-refractivity contribution in [2.75, 3.05) is 25.4 Å². The number of alkyl halides is 3. The number of halogens is 5. The van der Waals surface area contributed by atoms with Gasteiger partial charge in [-0.1, -0.05) is 30.1 Å². The molecule has 0 bridgehead atoms. The third-order valence-electron chi connectivity index (χ3n) is 6.90. The van der Waals surface area contributed by atoms with Gasteiger partial charge in [-0.2, -0.15) is 13.2 Å². The SMILES string of the molecule is CCS(=O)(=O)c1ccc(Cl)cc1Cn1c(=O)[nH]c2c(Cl)c(CN3CCC(NC(=O)CN)C3)c(C(F)(F)F)cc2c1=O. The van der Waals surface area contributed by atoms with Crippen LogP contribution in [0, 0.1) is 0 Å². The molecule has 1 amide bonds. The summed E-state index contributed by atoms with van der Waals surface area (Å²) in [5, 5.41) is 1.89. The maximum absolute atomic E-state index is 14.2. The van der Waals surface area contributed by atoms with E-state index in [1.165, 1.54) is 25.1 Å². The normalized spacial score (nSPS) is 16.4. The Morgan fingerprint density at radius 2 is 1.90 bits per heavy atom. The van der Waals surface area contributed by atoms with Crippen LogP contribution in [0.4, 0.5) is 13.2 Å². The largest absolute Gasteiger partial charge is 0.416 e. The summed E-state index contributed by atoms with van der Waals surface area (Å²) in [6, 6.07) is 4.19. The van der Waals surface area contributed by atoms with Crippen LogP contribution < -0.4 is 22.3 Å². The molecule has 10 nitrogen and oxygen atoms in total. The van der Waals surface area contributed by atoms with E-state index in [4.69, 9.17) is 28.9 Å². The number of amides is 1. The molecule has 3 aromatic rings. The first-order valence-electron chi connectivity index (χ1n) is 12.4. The van der Waals surface area contributed by atoms with Gasteiger partial charge in [0.25, 0.3) is 5.56 Å². The lowest BCUT2D eigenvalue weighted by atomic mass is 10.0. The van der Waals surface area contributed by atoms with Crippen LogP contribution in [0.25, 0.3) is 10.9 Å². The molecule has 222 valence electrons. The van der Waals surface area contributed by atoms with Crippen LogP contribution >= 0.6 is 23.2 Å². The Morgan fingerprint density at radius 1 is 1.20 bits per heavy atom. The zero-order valence-corrected chi connectivity index (χ0v) is 24.0. The molecule has 2 heterocycles. The van der Waals surface area contributed by atoms with E-state index in [1.807, 2.05) is 0 Å². The maximum Gasteiger partial charge on any atom is 0.416 e. The van der Waals surface area contributed by atoms with Crippen LogP contribution in [-0.4, -0.2) is 60.2 Å². The summed E-state index contributed by atoms with van der Waals surface area (Å²) >= 11 is 12.5. The molecule has 1 unspecified atom stereocenters. The van der Waals surface area contributed by atoms with Crippen LogP contribution in [0.1, 0.15) is 30.0 Å². The highest BCUT2D eigenvalue weighted by molar-refractivity contribution is 7.91. The van der Waals surface area contributed by atoms with Crippen LogP contribution in [0.15, 0.2) is 38.8 Å². The van der Waals surface area contributed by atoms with Crippen molar-refractivity contribution in [3.8, 4) is 0 Å². The van der Waals surface area contributed by atoms with Gasteiger partial charge in [-0.05, 0) is 41.8 Å². The van der Waals surface area contributed by atoms with Gasteiger partial charge in [-0.25, -0.2) is 13.2 Å². The molecule has 2 aromatic carbocycles. The lowest BCUT2D eigenvalue weighted by Gasteiger charge is -2.22. The van der Waals surface area contributed by atoms with Gasteiger partial charge in [0, 0.05) is 30.7 Å². The van der Waals surface area contributed by atoms with Crippen LogP contribution in [0.5, 0.6) is 0 Å². The number of carbonyl (C=O) groups excluding carboxylic acids is 1. The van der Waals surface area contributed by atoms with Crippen molar-refractivity contribution in [2.45, 2.75) is 43.5 Å². The minimum Gasteiger partial charge on any atom is -0.351 e. The lowest BCUT2D eigenvalue weighted by Crippen LogP contribution is -2.40. The summed E-state index contributed by atoms with van der Waals surface area (Å²) in [6.07, 6.45) is -4.41. The fraction of sp³-hybridized carbons (Fsp3) is 0.400. The molecule has 4 rings (SSSR count). The number of benzene rings is 2. The smallest absolute Gasteiger partial charge is 0.351 e. The van der Waals surface area contributed by atoms with Crippen molar-refractivity contribution in [1.82, 2.24) is 19.8 Å². The Bertz CT molecular complexity index is 1740. The van der Waals surface area contributed by atoms with Crippen molar-refractivity contribution >= 4 is 49.8 Å². The van der Waals surface area contributed by atoms with Crippen LogP contribution in [-0.2, 0) is 33.9 Å². The molecule has 41 heavy (non-hydrogen) atoms. The zero-order chi connectivity index (χ0) is 30.3. The van der Waals surface area contributed by atoms with Crippen molar-refractivity contribution in [1.29, 1.82) is 0 Å². The Balaban J connectivity index is 1.81. The molecule has 1 atom stereocenters. The number of fused-ring (bicyclic) bond motifs is 1. The second-order valence-electron chi connectivity index (χ2n) is 9.61. The number of likely N-dealkylation sites (tertiary alicyclic amines) is 1. The molecule has 1 aliphatic heterocycles. The first-order chi connectivity index (χ1) is 19.2. The predicted octanol–water partition coefficient (Wildman–Crippen LogP) is 2.51. The molecule has 1 aliphatic rings. The average molecular weight is 636 g/mol. The fourth-order valence-corrected chi connectivity index (χ4v) is 6.46. The van der Waals surface area contributed by atoms with E-state index in [0.717, 1.165) is 0 Å². The van der Waals surface area contributed by atoms with E-state index < -0.39 is 49.8 Å². The van der Waals surface area contributed by atoms with E-state index >= 15 is 0 Å². The molecule has 16 heteroatoms. The third kappa shape index (κ3) is 6.46. The summed E-state index contributed by atoms with van der Waals surface area (Å²) in [7, 11) is -3.79. The summed E-state index contributed by atoms with van der Waals surface area (Å²) in [4.78, 5) is 41.9. The molecule has 0 saturated carbocycles. The maximum atomic E-state index is 14.2. The van der Waals surface area contributed by atoms with Crippen molar-refractivity contribution < 1.29 is 26.4 Å². The highest BCUT2D eigenvalue weighted by Gasteiger charge is 2.37. The first-order valence-corrected chi connectivity index (χ1v) is 14.9. The molecule has 0 spiro atoms. The Kier molecular flexibility index (Phi) is 8.90. The number of rotatable bonds is 8. The monoisotopic (exact) mass is 635 g/mol. The molecule has 1 aromatic heterocycles. The van der Waals surface area contributed by atoms with E-state index in [2.05, 4.69) is 10.3 Å². The molecule has 0 radical (unpaired) electrons. The summed E-state index contributed by atoms with van der Waals surface area (Å²) < 4.78 is 68.5. The minimum absolute atomic E-state index is 0.0235. The van der Waals surface area contributed by atoms with Gasteiger partial charge in [0.2, 0.25) is 5.91 Å². The minimum atomic E-state index is -4.90. The standard InChI is InChI=1S/C25H26Cl2F3N5O5S/c1-2-41(39,40)19-4-3-14(26)7-13(19)10-35-23(37)16-8-18(25(28,29)30)17(21(27)22(16)33-24(35)38)12-34-6-5-15(11-34)32-20(36)9-31/h3-4,7-8,15H,2,5-6,9-12,31H2,1H3,(H,32,36)(H,33,38). The number of aromatic nitrogens is 2. The number of carbonyl (C=O) groups is 1. The highest BCUT2D eigenvalue weighted by Crippen LogP contribution is 2.39. The fourth-order valence-electron chi connectivity index (χ4n) is 4.85. The number of sulfone groups is 1. The van der Waals surface area contributed by atoms with Gasteiger partial charge < -0.3 is 16.0 Å². The number of hydrogen-bond acceptors (Lipinski definition) is 7. The average Bonchev–Trinajstić information content (AvgIpc) is 3.34. The number of nitrogens with two attached hydrogens (primary N) is 1. The van der Waals surface area contributed by atoms with E-state index in [9.17, 15) is 36.0 Å². The number of hydrogen-bond donors (Lipinski definition) is 3. The Morgan fingerprint density at radius 3 is 2.54 bits per heavy atom. The van der Waals surface area contributed by atoms with Gasteiger partial charge in [0.1, 0.15) is 0 Å². The van der Waals surface area contributed by atoms with Crippen molar-refractivity contribution in [3.05, 3.63) is 71.8 Å². The number of nitrogens with one attached hydrogen (secondary N) is 2. The molecular formula is C25H26Cl2F3N5O5S. The van der Waals surface area contributed by atoms with Crippen LogP contribution in [0.3, 0.4) is 0 Å². The molecule has 4 N–H and O–H groups in total. The van der Waals surface area contributed by atoms with Gasteiger partial charge in [0.15, 0.2) is 9.84 Å². The molecule has 0 aliphatic carbocycles. The van der Waals surface area contributed by atoms with Crippen molar-refractivity contribution in [3.63, 3.8) is 0 Å². The second-order valence-corrected chi connectivity index (χ2v) is 12.7. The molecular weight excluding hydrogens is 610 g/mol. The Labute approximate surface area is 242 Å². The predicted molar refractivity (Wildman–Crippen MR) is 148 cm³/mol. The van der Waals surface area contributed by atoms with Gasteiger partial charge in [-0.3, -0.25) is 19.1 Å². The second kappa shape index (κ2) is 11.8. The van der Waals surface area contributed by atoms with E-state index in [1.54, 1.807) is 4.90 Å². The van der Waals surface area contributed by atoms with E-state index in [0.29, 0.717) is 23.6 Å². The highest BCUT2D eigenvalue weighted by atomic mass is 35.5. The topological polar surface area (TPSA) is 147 Å².